The fourth-order valence-corrected chi connectivity index (χ4v) is 0. The molecule has 0 saturated carbocycles. The van der Waals surface area contributed by atoms with Gasteiger partial charge in [-0.3, -0.25) is 0 Å². The molecular weight excluding hydrogens is 213 g/mol. The molecule has 41 valence electrons. The van der Waals surface area contributed by atoms with Gasteiger partial charge in [0.1, 0.15) is 0 Å². The zero-order chi connectivity index (χ0) is 4.50. The van der Waals surface area contributed by atoms with Gasteiger partial charge >= 0.3 is 132 Å². The SMILES string of the molecule is O.[K+].[K+].[O]=[Mn](=[O])([O-])[O-]. The van der Waals surface area contributed by atoms with E-state index in [1.165, 1.54) is 0 Å². The van der Waals surface area contributed by atoms with Crippen molar-refractivity contribution in [2.75, 3.05) is 0 Å². The maximum atomic E-state index is 8.58. The second kappa shape index (κ2) is 10.3. The van der Waals surface area contributed by atoms with Crippen LogP contribution in [0.15, 0.2) is 0 Å². The first-order valence-electron chi connectivity index (χ1n) is 0.617. The van der Waals surface area contributed by atoms with Crippen molar-refractivity contribution in [3.05, 3.63) is 0 Å². The maximum absolute atomic E-state index is 8.58. The summed E-state index contributed by atoms with van der Waals surface area (Å²) < 4.78 is 34.3. The predicted molar refractivity (Wildman–Crippen MR) is 4.99 cm³/mol. The van der Waals surface area contributed by atoms with E-state index in [0.717, 1.165) is 0 Å². The summed E-state index contributed by atoms with van der Waals surface area (Å²) in [5.74, 6) is 0. The molecule has 0 fully saturated rings. The molecule has 0 aromatic rings. The van der Waals surface area contributed by atoms with Gasteiger partial charge in [-0.2, -0.15) is 0 Å². The van der Waals surface area contributed by atoms with Crippen LogP contribution >= 0.6 is 0 Å². The predicted octanol–water partition coefficient (Wildman–Crippen LogP) is -9.43. The van der Waals surface area contributed by atoms with Crippen molar-refractivity contribution in [3.8, 4) is 0 Å². The van der Waals surface area contributed by atoms with Crippen LogP contribution in [0.5, 0.6) is 0 Å². The second-order valence-electron chi connectivity index (χ2n) is 0.378. The molecule has 0 radical (unpaired) electrons. The zero-order valence-corrected chi connectivity index (χ0v) is 11.9. The fourth-order valence-electron chi connectivity index (χ4n) is 0. The Hall–Kier alpha value is 3.27. The second-order valence-corrected chi connectivity index (χ2v) is 1.56. The van der Waals surface area contributed by atoms with Gasteiger partial charge in [0, 0.05) is 0 Å². The van der Waals surface area contributed by atoms with Crippen LogP contribution in [0, 0.1) is 0 Å². The quantitative estimate of drug-likeness (QED) is 0.373. The molecule has 0 atom stereocenters. The summed E-state index contributed by atoms with van der Waals surface area (Å²) in [6.45, 7) is 0. The molecule has 5 nitrogen and oxygen atoms in total. The molecule has 0 bridgehead atoms. The molecule has 0 aliphatic rings. The van der Waals surface area contributed by atoms with Crippen molar-refractivity contribution in [1.82, 2.24) is 0 Å². The van der Waals surface area contributed by atoms with E-state index < -0.39 is 13.4 Å². The zero-order valence-electron chi connectivity index (χ0n) is 4.51. The average Bonchev–Trinajstić information content (AvgIpc) is 0.722. The molecule has 8 heteroatoms. The van der Waals surface area contributed by atoms with Crippen molar-refractivity contribution in [2.45, 2.75) is 0 Å². The third kappa shape index (κ3) is 59.3. The van der Waals surface area contributed by atoms with Gasteiger partial charge in [-0.1, -0.05) is 0 Å². The summed E-state index contributed by atoms with van der Waals surface area (Å²) in [5, 5.41) is 0. The molecule has 8 heavy (non-hydrogen) atoms. The van der Waals surface area contributed by atoms with E-state index in [0.29, 0.717) is 0 Å². The topological polar surface area (TPSA) is 112 Å². The van der Waals surface area contributed by atoms with E-state index in [2.05, 4.69) is 0 Å². The summed E-state index contributed by atoms with van der Waals surface area (Å²) in [5.41, 5.74) is 0. The van der Waals surface area contributed by atoms with Gasteiger partial charge in [-0.05, 0) is 0 Å². The minimum absolute atomic E-state index is 0. The minimum atomic E-state index is -5.62. The van der Waals surface area contributed by atoms with E-state index in [4.69, 9.17) is 16.0 Å². The van der Waals surface area contributed by atoms with Crippen molar-refractivity contribution in [2.24, 2.45) is 0 Å². The van der Waals surface area contributed by atoms with Crippen molar-refractivity contribution in [1.29, 1.82) is 0 Å². The Morgan fingerprint density at radius 2 is 1.00 bits per heavy atom. The Bertz CT molecular complexity index is 93.6. The van der Waals surface area contributed by atoms with E-state index in [1.54, 1.807) is 0 Å². The van der Waals surface area contributed by atoms with E-state index in [1.807, 2.05) is 0 Å². The van der Waals surface area contributed by atoms with Crippen molar-refractivity contribution in [3.63, 3.8) is 0 Å². The van der Waals surface area contributed by atoms with Crippen LogP contribution in [0.2, 0.25) is 0 Å². The van der Waals surface area contributed by atoms with Crippen LogP contribution < -0.4 is 111 Å². The van der Waals surface area contributed by atoms with Gasteiger partial charge in [0.15, 0.2) is 0 Å². The van der Waals surface area contributed by atoms with E-state index >= 15 is 0 Å². The van der Waals surface area contributed by atoms with E-state index in [-0.39, 0.29) is 108 Å². The Labute approximate surface area is 134 Å². The van der Waals surface area contributed by atoms with Crippen LogP contribution in [0.3, 0.4) is 0 Å². The molecule has 0 unspecified atom stereocenters. The molecule has 0 saturated heterocycles. The molecule has 0 aliphatic heterocycles. The molecule has 0 spiro atoms. The summed E-state index contributed by atoms with van der Waals surface area (Å²) in [7, 11) is 0. The normalized spacial score (nSPS) is 7.25. The molecule has 0 aromatic carbocycles. The molecule has 2 N–H and O–H groups in total. The summed E-state index contributed by atoms with van der Waals surface area (Å²) in [6, 6.07) is 0. The van der Waals surface area contributed by atoms with Crippen LogP contribution in [0.4, 0.5) is 0 Å². The average molecular weight is 215 g/mol. The number of hydrogen-bond donors (Lipinski definition) is 0. The van der Waals surface area contributed by atoms with Crippen molar-refractivity contribution < 1.29 is 138 Å². The summed E-state index contributed by atoms with van der Waals surface area (Å²) in [4.78, 5) is 0. The molecule has 0 aromatic heterocycles. The monoisotopic (exact) mass is 215 g/mol. The summed E-state index contributed by atoms with van der Waals surface area (Å²) >= 11 is -5.62. The van der Waals surface area contributed by atoms with Gasteiger partial charge < -0.3 is 5.48 Å². The Morgan fingerprint density at radius 1 is 1.00 bits per heavy atom. The van der Waals surface area contributed by atoms with Gasteiger partial charge in [0.2, 0.25) is 0 Å². The first-order valence-corrected chi connectivity index (χ1v) is 2.54. The first-order chi connectivity index (χ1) is 2.00. The fraction of sp³-hybridized carbons (Fsp3) is 0. The number of rotatable bonds is 0. The van der Waals surface area contributed by atoms with Gasteiger partial charge in [0.25, 0.3) is 0 Å². The Morgan fingerprint density at radius 3 is 1.00 bits per heavy atom. The summed E-state index contributed by atoms with van der Waals surface area (Å²) in [6.07, 6.45) is 0. The Kier molecular flexibility index (Phi) is 28.9. The molecular formula is H2K2MnO5. The standard InChI is InChI=1S/2K.Mn.H2O.4O/h;;;1H2;;;;/q2*+1;;;;;2*-1. The van der Waals surface area contributed by atoms with Crippen LogP contribution in [0.1, 0.15) is 0 Å². The van der Waals surface area contributed by atoms with Crippen molar-refractivity contribution >= 4 is 0 Å². The number of hydrogen-bond acceptors (Lipinski definition) is 4. The molecule has 0 rings (SSSR count). The van der Waals surface area contributed by atoms with Crippen LogP contribution in [0.25, 0.3) is 0 Å². The third-order valence-electron chi connectivity index (χ3n) is 0. The van der Waals surface area contributed by atoms with Gasteiger partial charge in [0.05, 0.1) is 0 Å². The Balaban J connectivity index is -0.0000000267. The molecule has 0 heterocycles. The molecule has 0 amide bonds. The van der Waals surface area contributed by atoms with Crippen LogP contribution in [-0.2, 0) is 21.0 Å². The molecule has 0 aliphatic carbocycles. The van der Waals surface area contributed by atoms with E-state index in [9.17, 15) is 0 Å². The van der Waals surface area contributed by atoms with Crippen LogP contribution in [-0.4, -0.2) is 5.48 Å². The van der Waals surface area contributed by atoms with Gasteiger partial charge in [-0.15, -0.1) is 0 Å². The van der Waals surface area contributed by atoms with Gasteiger partial charge in [-0.25, -0.2) is 0 Å². The third-order valence-corrected chi connectivity index (χ3v) is 0. The first kappa shape index (κ1) is 22.5.